The lowest BCUT2D eigenvalue weighted by Crippen LogP contribution is -2.40. The highest BCUT2D eigenvalue weighted by atomic mass is 31.1. The molecule has 2 rings (SSSR count). The number of hydrogen-bond donors (Lipinski definition) is 3. The van der Waals surface area contributed by atoms with Gasteiger partial charge in [-0.3, -0.25) is 4.57 Å². The largest absolute Gasteiger partial charge is 0.695 e. The Hall–Kier alpha value is -1.42. The van der Waals surface area contributed by atoms with Crippen molar-refractivity contribution in [2.24, 2.45) is 0 Å². The van der Waals surface area contributed by atoms with Gasteiger partial charge in [-0.05, 0) is 13.0 Å². The lowest BCUT2D eigenvalue weighted by atomic mass is 10.1. The molecule has 2 heterocycles. The highest BCUT2D eigenvalue weighted by Gasteiger charge is 2.52. The molecule has 1 aliphatic rings. The average molecular weight is 334 g/mol. The summed E-state index contributed by atoms with van der Waals surface area (Å²) < 4.78 is 27.8. The minimum absolute atomic E-state index is 0.0477. The first-order valence-electron chi connectivity index (χ1n) is 6.39. The number of nitrogens with zero attached hydrogens (tertiary/aromatic N) is 2. The smallest absolute Gasteiger partial charge is 0.391 e. The molecular formula is C11H17N3O7P+. The number of ether oxygens (including phenoxy) is 2. The van der Waals surface area contributed by atoms with Crippen LogP contribution >= 0.6 is 8.25 Å². The molecule has 0 spiro atoms. The molecule has 2 unspecified atom stereocenters. The van der Waals surface area contributed by atoms with Gasteiger partial charge in [-0.15, -0.1) is 9.42 Å². The first-order chi connectivity index (χ1) is 10.3. The van der Waals surface area contributed by atoms with Crippen molar-refractivity contribution < 1.29 is 28.6 Å². The molecule has 0 radical (unpaired) electrons. The van der Waals surface area contributed by atoms with Gasteiger partial charge in [0, 0.05) is 17.9 Å². The van der Waals surface area contributed by atoms with E-state index in [1.54, 1.807) is 0 Å². The van der Waals surface area contributed by atoms with E-state index in [0.29, 0.717) is 0 Å². The van der Waals surface area contributed by atoms with Crippen LogP contribution in [-0.2, 0) is 18.6 Å². The second kappa shape index (κ2) is 6.78. The maximum absolute atomic E-state index is 11.9. The predicted molar refractivity (Wildman–Crippen MR) is 74.0 cm³/mol. The fraction of sp³-hybridized carbons (Fsp3) is 0.636. The van der Waals surface area contributed by atoms with Crippen LogP contribution in [0.15, 0.2) is 17.1 Å². The Bertz CT molecular complexity index is 608. The van der Waals surface area contributed by atoms with Gasteiger partial charge in [0.15, 0.2) is 12.3 Å². The third-order valence-electron chi connectivity index (χ3n) is 3.31. The molecule has 11 heteroatoms. The van der Waals surface area contributed by atoms with Gasteiger partial charge in [-0.1, -0.05) is 0 Å². The topological polar surface area (TPSA) is 146 Å². The number of aliphatic hydroxyl groups is 1. The number of nitrogen functional groups attached to an aromatic ring is 1. The molecule has 122 valence electrons. The molecule has 0 saturated carbocycles. The molecule has 1 aliphatic heterocycles. The van der Waals surface area contributed by atoms with Gasteiger partial charge in [-0.25, -0.2) is 4.79 Å². The molecule has 1 aromatic rings. The first-order valence-corrected chi connectivity index (χ1v) is 7.52. The third kappa shape index (κ3) is 3.32. The second-order valence-corrected chi connectivity index (χ2v) is 5.47. The van der Waals surface area contributed by atoms with E-state index >= 15 is 0 Å². The van der Waals surface area contributed by atoms with E-state index in [2.05, 4.69) is 4.98 Å². The summed E-state index contributed by atoms with van der Waals surface area (Å²) in [7, 11) is -1.60. The molecule has 0 aliphatic carbocycles. The van der Waals surface area contributed by atoms with E-state index < -0.39 is 44.6 Å². The van der Waals surface area contributed by atoms with Gasteiger partial charge in [0.2, 0.25) is 0 Å². The number of hydrogen-bond acceptors (Lipinski definition) is 8. The van der Waals surface area contributed by atoms with E-state index in [1.165, 1.54) is 26.3 Å². The fourth-order valence-corrected chi connectivity index (χ4v) is 2.82. The highest BCUT2D eigenvalue weighted by Crippen LogP contribution is 2.38. The van der Waals surface area contributed by atoms with Gasteiger partial charge >= 0.3 is 13.9 Å². The molecule has 1 aromatic heterocycles. The molecule has 0 aromatic carbocycles. The standard InChI is InChI=1S/C11H16N3O7P/c1-5(15)7-8(21-22(17)18)9(19-2)10(20-7)14-4-3-6(12)13-11(14)16/h3-5,7-10,15H,1-2H3,(H2-,12,13,16,17,18)/p+1/t5-,7-,8?,9+,10-/m1/s1. The van der Waals surface area contributed by atoms with Crippen molar-refractivity contribution in [1.82, 2.24) is 9.55 Å². The average Bonchev–Trinajstić information content (AvgIpc) is 2.76. The molecule has 10 nitrogen and oxygen atoms in total. The third-order valence-corrected chi connectivity index (χ3v) is 3.73. The van der Waals surface area contributed by atoms with E-state index in [4.69, 9.17) is 24.6 Å². The zero-order valence-electron chi connectivity index (χ0n) is 11.9. The number of aromatic nitrogens is 2. The summed E-state index contributed by atoms with van der Waals surface area (Å²) in [5.74, 6) is 0.0477. The van der Waals surface area contributed by atoms with Crippen molar-refractivity contribution in [3.05, 3.63) is 22.7 Å². The van der Waals surface area contributed by atoms with E-state index in [0.717, 1.165) is 4.57 Å². The summed E-state index contributed by atoms with van der Waals surface area (Å²) in [6.07, 6.45) is -3.51. The summed E-state index contributed by atoms with van der Waals surface area (Å²) in [6, 6.07) is 1.40. The monoisotopic (exact) mass is 334 g/mol. The molecule has 0 bridgehead atoms. The van der Waals surface area contributed by atoms with E-state index in [9.17, 15) is 14.5 Å². The van der Waals surface area contributed by atoms with Crippen LogP contribution in [0.5, 0.6) is 0 Å². The summed E-state index contributed by atoms with van der Waals surface area (Å²) in [4.78, 5) is 24.5. The lowest BCUT2D eigenvalue weighted by Gasteiger charge is -2.19. The summed E-state index contributed by atoms with van der Waals surface area (Å²) in [5, 5.41) is 9.77. The zero-order valence-corrected chi connectivity index (χ0v) is 12.8. The Morgan fingerprint density at radius 2 is 2.23 bits per heavy atom. The quantitative estimate of drug-likeness (QED) is 0.586. The van der Waals surface area contributed by atoms with Crippen molar-refractivity contribution >= 4 is 14.1 Å². The zero-order chi connectivity index (χ0) is 16.4. The van der Waals surface area contributed by atoms with E-state index in [1.807, 2.05) is 0 Å². The van der Waals surface area contributed by atoms with E-state index in [-0.39, 0.29) is 5.82 Å². The maximum atomic E-state index is 11.9. The lowest BCUT2D eigenvalue weighted by molar-refractivity contribution is -0.0816. The first kappa shape index (κ1) is 16.9. The van der Waals surface area contributed by atoms with Crippen LogP contribution in [0.1, 0.15) is 13.2 Å². The Kier molecular flexibility index (Phi) is 5.22. The number of anilines is 1. The van der Waals surface area contributed by atoms with Gasteiger partial charge < -0.3 is 20.3 Å². The molecule has 22 heavy (non-hydrogen) atoms. The van der Waals surface area contributed by atoms with Crippen molar-refractivity contribution in [3.8, 4) is 0 Å². The highest BCUT2D eigenvalue weighted by molar-refractivity contribution is 7.32. The van der Waals surface area contributed by atoms with Crippen molar-refractivity contribution in [2.45, 2.75) is 37.6 Å². The molecule has 6 atom stereocenters. The molecular weight excluding hydrogens is 317 g/mol. The van der Waals surface area contributed by atoms with Crippen molar-refractivity contribution in [3.63, 3.8) is 0 Å². The summed E-state index contributed by atoms with van der Waals surface area (Å²) >= 11 is 0. The van der Waals surface area contributed by atoms with Gasteiger partial charge in [0.1, 0.15) is 18.0 Å². The minimum atomic E-state index is -2.94. The number of methoxy groups -OCH3 is 1. The Balaban J connectivity index is 2.39. The maximum Gasteiger partial charge on any atom is 0.695 e. The Morgan fingerprint density at radius 3 is 2.73 bits per heavy atom. The molecule has 1 fully saturated rings. The van der Waals surface area contributed by atoms with Crippen LogP contribution in [0.2, 0.25) is 0 Å². The SMILES string of the molecule is CO[C@H]1C(O[P+](=O)O)[C@@H]([C@@H](C)O)O[C@H]1n1ccc(N)nc1=O. The van der Waals surface area contributed by atoms with Gasteiger partial charge in [0.25, 0.3) is 0 Å². The van der Waals surface area contributed by atoms with Crippen LogP contribution < -0.4 is 11.4 Å². The predicted octanol–water partition coefficient (Wildman–Crippen LogP) is -0.846. The van der Waals surface area contributed by atoms with Gasteiger partial charge in [0.05, 0.1) is 6.10 Å². The number of aliphatic hydroxyl groups excluding tert-OH is 1. The van der Waals surface area contributed by atoms with Crippen LogP contribution in [-0.4, -0.2) is 51.1 Å². The number of rotatable bonds is 5. The van der Waals surface area contributed by atoms with Crippen LogP contribution in [0.4, 0.5) is 5.82 Å². The second-order valence-electron chi connectivity index (χ2n) is 4.78. The minimum Gasteiger partial charge on any atom is -0.391 e. The van der Waals surface area contributed by atoms with Gasteiger partial charge in [-0.2, -0.15) is 4.98 Å². The van der Waals surface area contributed by atoms with Crippen molar-refractivity contribution in [2.75, 3.05) is 12.8 Å². The summed E-state index contributed by atoms with van der Waals surface area (Å²) in [6.45, 7) is 1.44. The fourth-order valence-electron chi connectivity index (χ4n) is 2.37. The van der Waals surface area contributed by atoms with Crippen LogP contribution in [0.25, 0.3) is 0 Å². The molecule has 0 amide bonds. The van der Waals surface area contributed by atoms with Crippen LogP contribution in [0.3, 0.4) is 0 Å². The number of nitrogens with two attached hydrogens (primary N) is 1. The Morgan fingerprint density at radius 1 is 1.55 bits per heavy atom. The van der Waals surface area contributed by atoms with Crippen LogP contribution in [0, 0.1) is 0 Å². The molecule has 1 saturated heterocycles. The summed E-state index contributed by atoms with van der Waals surface area (Å²) in [5.41, 5.74) is 4.75. The van der Waals surface area contributed by atoms with Crippen molar-refractivity contribution in [1.29, 1.82) is 0 Å². The normalized spacial score (nSPS) is 30.3. The molecule has 4 N–H and O–H groups in total. The Labute approximate surface area is 126 Å².